The molecule has 4 rings (SSSR count). The van der Waals surface area contributed by atoms with E-state index in [9.17, 15) is 22.8 Å². The van der Waals surface area contributed by atoms with Gasteiger partial charge in [0.2, 0.25) is 11.8 Å². The van der Waals surface area contributed by atoms with Gasteiger partial charge in [0.05, 0.1) is 22.0 Å². The van der Waals surface area contributed by atoms with Crippen LogP contribution in [-0.4, -0.2) is 33.7 Å². The molecule has 3 aromatic rings. The molecule has 1 fully saturated rings. The summed E-state index contributed by atoms with van der Waals surface area (Å²) in [5, 5.41) is 2.92. The van der Waals surface area contributed by atoms with E-state index in [0.717, 1.165) is 29.5 Å². The highest BCUT2D eigenvalue weighted by Gasteiger charge is 2.36. The van der Waals surface area contributed by atoms with E-state index >= 15 is 0 Å². The Bertz CT molecular complexity index is 1330. The Morgan fingerprint density at radius 3 is 2.49 bits per heavy atom. The van der Waals surface area contributed by atoms with Crippen molar-refractivity contribution in [2.45, 2.75) is 24.3 Å². The van der Waals surface area contributed by atoms with E-state index in [1.165, 1.54) is 17.0 Å². The monoisotopic (exact) mass is 565 g/mol. The van der Waals surface area contributed by atoms with Gasteiger partial charge in [0.15, 0.2) is 5.17 Å². The Morgan fingerprint density at radius 2 is 1.78 bits per heavy atom. The van der Waals surface area contributed by atoms with Crippen LogP contribution in [0.1, 0.15) is 17.5 Å². The van der Waals surface area contributed by atoms with Gasteiger partial charge in [-0.3, -0.25) is 14.5 Å². The average molecular weight is 566 g/mol. The largest absolute Gasteiger partial charge is 0.416 e. The van der Waals surface area contributed by atoms with Crippen LogP contribution in [0.5, 0.6) is 0 Å². The smallest absolute Gasteiger partial charge is 0.324 e. The number of aliphatic imine (C=N–C) groups is 1. The Morgan fingerprint density at radius 1 is 1.05 bits per heavy atom. The van der Waals surface area contributed by atoms with E-state index in [-0.39, 0.29) is 29.7 Å². The second-order valence-electron chi connectivity index (χ2n) is 8.14. The average Bonchev–Trinajstić information content (AvgIpc) is 2.85. The van der Waals surface area contributed by atoms with Crippen LogP contribution in [0.25, 0.3) is 0 Å². The number of alkyl halides is 3. The van der Waals surface area contributed by atoms with Crippen LogP contribution in [0.4, 0.5) is 24.5 Å². The molecule has 192 valence electrons. The Hall–Kier alpha value is -3.01. The fraction of sp³-hybridized carbons (Fsp3) is 0.192. The van der Waals surface area contributed by atoms with Gasteiger partial charge in [0, 0.05) is 18.0 Å². The molecule has 1 heterocycles. The Kier molecular flexibility index (Phi) is 8.46. The lowest BCUT2D eigenvalue weighted by Gasteiger charge is -2.32. The van der Waals surface area contributed by atoms with Gasteiger partial charge in [-0.05, 0) is 54.4 Å². The number of para-hydroxylation sites is 1. The number of nitrogens with one attached hydrogen (secondary N) is 1. The zero-order chi connectivity index (χ0) is 26.6. The highest BCUT2D eigenvalue weighted by Crippen LogP contribution is 2.34. The van der Waals surface area contributed by atoms with Gasteiger partial charge in [0.25, 0.3) is 0 Å². The molecule has 0 spiro atoms. The molecule has 1 aliphatic rings. The normalized spacial score (nSPS) is 17.2. The molecule has 0 aromatic heterocycles. The summed E-state index contributed by atoms with van der Waals surface area (Å²) in [6.07, 6.45) is -4.19. The summed E-state index contributed by atoms with van der Waals surface area (Å²) < 4.78 is 39.7. The number of amidine groups is 1. The van der Waals surface area contributed by atoms with E-state index in [2.05, 4.69) is 10.3 Å². The van der Waals surface area contributed by atoms with Crippen molar-refractivity contribution in [2.24, 2.45) is 4.99 Å². The Balaban J connectivity index is 1.61. The quantitative estimate of drug-likeness (QED) is 0.343. The number of nitrogens with zero attached hydrogens (tertiary/aromatic N) is 2. The van der Waals surface area contributed by atoms with Crippen LogP contribution in [-0.2, 0) is 22.2 Å². The van der Waals surface area contributed by atoms with Crippen LogP contribution in [0.3, 0.4) is 0 Å². The number of benzene rings is 3. The van der Waals surface area contributed by atoms with Gasteiger partial charge in [0.1, 0.15) is 5.25 Å². The van der Waals surface area contributed by atoms with E-state index in [0.29, 0.717) is 22.2 Å². The number of carbonyl (C=O) groups is 2. The van der Waals surface area contributed by atoms with Crippen molar-refractivity contribution < 1.29 is 22.8 Å². The first-order valence-corrected chi connectivity index (χ1v) is 12.8. The van der Waals surface area contributed by atoms with Crippen LogP contribution in [0.15, 0.2) is 77.8 Å². The van der Waals surface area contributed by atoms with Crippen LogP contribution >= 0.6 is 35.0 Å². The summed E-state index contributed by atoms with van der Waals surface area (Å²) in [7, 11) is 0. The van der Waals surface area contributed by atoms with Gasteiger partial charge in [-0.1, -0.05) is 65.3 Å². The third-order valence-electron chi connectivity index (χ3n) is 5.50. The van der Waals surface area contributed by atoms with E-state index < -0.39 is 22.9 Å². The molecule has 1 N–H and O–H groups in total. The van der Waals surface area contributed by atoms with Gasteiger partial charge >= 0.3 is 6.18 Å². The topological polar surface area (TPSA) is 61.8 Å². The number of rotatable bonds is 6. The molecular formula is C26H20Cl2F3N3O2S. The maximum atomic E-state index is 13.2. The number of anilines is 1. The fourth-order valence-electron chi connectivity index (χ4n) is 3.59. The number of carbonyl (C=O) groups excluding carboxylic acids is 2. The summed E-state index contributed by atoms with van der Waals surface area (Å²) in [5.74, 6) is -0.821. The highest BCUT2D eigenvalue weighted by atomic mass is 35.5. The number of thioether (sulfide) groups is 1. The molecule has 0 bridgehead atoms. The lowest BCUT2D eigenvalue weighted by atomic mass is 10.1. The van der Waals surface area contributed by atoms with Gasteiger partial charge in [-0.25, -0.2) is 4.99 Å². The standard InChI is InChI=1S/C26H20Cl2F3N3O2S/c27-18-10-8-16(9-11-18)12-13-34-23(35)15-22(24(36)33-21-7-2-1-6-20(21)28)37-25(34)32-19-5-3-4-17(14-19)26(29,30)31/h1-11,14,22H,12-13,15H2,(H,33,36). The minimum Gasteiger partial charge on any atom is -0.324 e. The summed E-state index contributed by atoms with van der Waals surface area (Å²) >= 11 is 13.1. The zero-order valence-electron chi connectivity index (χ0n) is 19.1. The fourth-order valence-corrected chi connectivity index (χ4v) is 5.03. The molecule has 1 saturated heterocycles. The molecule has 0 radical (unpaired) electrons. The van der Waals surface area contributed by atoms with Crippen LogP contribution < -0.4 is 5.32 Å². The first-order chi connectivity index (χ1) is 17.6. The third-order valence-corrected chi connectivity index (χ3v) is 7.27. The van der Waals surface area contributed by atoms with E-state index in [1.54, 1.807) is 36.4 Å². The third kappa shape index (κ3) is 7.06. The maximum absolute atomic E-state index is 13.2. The first-order valence-electron chi connectivity index (χ1n) is 11.1. The minimum absolute atomic E-state index is 0.0220. The second kappa shape index (κ2) is 11.6. The maximum Gasteiger partial charge on any atom is 0.416 e. The SMILES string of the molecule is O=C(Nc1ccccc1Cl)C1CC(=O)N(CCc2ccc(Cl)cc2)C(=Nc2cccc(C(F)(F)F)c2)S1. The lowest BCUT2D eigenvalue weighted by molar-refractivity contribution is -0.137. The molecule has 0 saturated carbocycles. The summed E-state index contributed by atoms with van der Waals surface area (Å²) in [4.78, 5) is 31.9. The molecule has 2 amide bonds. The van der Waals surface area contributed by atoms with Crippen molar-refractivity contribution in [1.82, 2.24) is 4.90 Å². The van der Waals surface area contributed by atoms with Crippen molar-refractivity contribution in [3.05, 3.63) is 94.0 Å². The molecule has 5 nitrogen and oxygen atoms in total. The first kappa shape index (κ1) is 27.0. The Labute approximate surface area is 225 Å². The van der Waals surface area contributed by atoms with Crippen molar-refractivity contribution in [1.29, 1.82) is 0 Å². The molecule has 11 heteroatoms. The van der Waals surface area contributed by atoms with Crippen molar-refractivity contribution in [3.63, 3.8) is 0 Å². The van der Waals surface area contributed by atoms with Gasteiger partial charge < -0.3 is 5.32 Å². The lowest BCUT2D eigenvalue weighted by Crippen LogP contribution is -2.46. The molecule has 1 aliphatic heterocycles. The number of hydrogen-bond acceptors (Lipinski definition) is 4. The highest BCUT2D eigenvalue weighted by molar-refractivity contribution is 8.15. The number of halogens is 5. The molecule has 1 unspecified atom stereocenters. The molecular weight excluding hydrogens is 546 g/mol. The molecule has 37 heavy (non-hydrogen) atoms. The number of amides is 2. The number of hydrogen-bond donors (Lipinski definition) is 1. The van der Waals surface area contributed by atoms with Crippen LogP contribution in [0.2, 0.25) is 10.0 Å². The van der Waals surface area contributed by atoms with Gasteiger partial charge in [-0.2, -0.15) is 13.2 Å². The summed E-state index contributed by atoms with van der Waals surface area (Å²) in [6, 6.07) is 18.3. The molecule has 1 atom stereocenters. The van der Waals surface area contributed by atoms with Crippen molar-refractivity contribution in [2.75, 3.05) is 11.9 Å². The van der Waals surface area contributed by atoms with Crippen molar-refractivity contribution in [3.8, 4) is 0 Å². The van der Waals surface area contributed by atoms with Gasteiger partial charge in [-0.15, -0.1) is 0 Å². The van der Waals surface area contributed by atoms with Crippen molar-refractivity contribution >= 4 is 63.3 Å². The summed E-state index contributed by atoms with van der Waals surface area (Å²) in [6.45, 7) is 0.226. The second-order valence-corrected chi connectivity index (χ2v) is 10.2. The molecule has 3 aromatic carbocycles. The van der Waals surface area contributed by atoms with Crippen LogP contribution in [0, 0.1) is 0 Å². The van der Waals surface area contributed by atoms with E-state index in [1.807, 2.05) is 12.1 Å². The molecule has 0 aliphatic carbocycles. The minimum atomic E-state index is -4.54. The predicted octanol–water partition coefficient (Wildman–Crippen LogP) is 7.22. The predicted molar refractivity (Wildman–Crippen MR) is 141 cm³/mol. The van der Waals surface area contributed by atoms with E-state index in [4.69, 9.17) is 23.2 Å². The zero-order valence-corrected chi connectivity index (χ0v) is 21.5. The summed E-state index contributed by atoms with van der Waals surface area (Å²) in [5.41, 5.74) is 0.471.